The van der Waals surface area contributed by atoms with Gasteiger partial charge in [-0.1, -0.05) is 18.2 Å². The zero-order valence-electron chi connectivity index (χ0n) is 14.5. The zero-order chi connectivity index (χ0) is 18.8. The molecule has 1 aliphatic heterocycles. The highest BCUT2D eigenvalue weighted by Gasteiger charge is 2.20. The Balaban J connectivity index is 1.82. The number of nitrogens with two attached hydrogens (primary N) is 1. The van der Waals surface area contributed by atoms with Crippen LogP contribution in [0, 0.1) is 0 Å². The first-order chi connectivity index (χ1) is 13.1. The maximum Gasteiger partial charge on any atom is 0.311 e. The molecule has 0 bridgehead atoms. The quantitative estimate of drug-likeness (QED) is 0.741. The molecule has 0 radical (unpaired) electrons. The van der Waals surface area contributed by atoms with Crippen LogP contribution in [0.25, 0.3) is 23.0 Å². The van der Waals surface area contributed by atoms with Gasteiger partial charge < -0.3 is 10.5 Å². The van der Waals surface area contributed by atoms with Crippen LogP contribution in [0.1, 0.15) is 5.56 Å². The second-order valence-electron chi connectivity index (χ2n) is 5.82. The Morgan fingerprint density at radius 3 is 2.48 bits per heavy atom. The standard InChI is InChI=1S/C20H16N4O2S/c1-26-16-9-7-13(8-10-16)18-14(11-17-19(21)22-20(25)27-17)12-24(23-18)15-5-3-2-4-6-15/h2-12H,1H3,(H2,21,22,25)/b17-11-. The number of carbonyl (C=O) groups is 1. The van der Waals surface area contributed by atoms with E-state index in [4.69, 9.17) is 15.6 Å². The first kappa shape index (κ1) is 17.1. The molecule has 1 aliphatic rings. The van der Waals surface area contributed by atoms with E-state index in [1.165, 1.54) is 0 Å². The van der Waals surface area contributed by atoms with E-state index in [2.05, 4.69) is 4.99 Å². The van der Waals surface area contributed by atoms with Gasteiger partial charge in [-0.15, -0.1) is 0 Å². The summed E-state index contributed by atoms with van der Waals surface area (Å²) in [5, 5.41) is 4.44. The lowest BCUT2D eigenvalue weighted by molar-refractivity contribution is 0.268. The van der Waals surface area contributed by atoms with Crippen molar-refractivity contribution in [3.63, 3.8) is 0 Å². The molecule has 0 spiro atoms. The van der Waals surface area contributed by atoms with Crippen molar-refractivity contribution in [2.24, 2.45) is 10.7 Å². The number of hydrogen-bond donors (Lipinski definition) is 1. The zero-order valence-corrected chi connectivity index (χ0v) is 15.3. The first-order valence-corrected chi connectivity index (χ1v) is 9.03. The molecule has 0 fully saturated rings. The van der Waals surface area contributed by atoms with Gasteiger partial charge in [0.25, 0.3) is 0 Å². The maximum absolute atomic E-state index is 11.5. The van der Waals surface area contributed by atoms with Crippen molar-refractivity contribution >= 4 is 28.9 Å². The van der Waals surface area contributed by atoms with Gasteiger partial charge in [-0.2, -0.15) is 10.1 Å². The largest absolute Gasteiger partial charge is 0.497 e. The van der Waals surface area contributed by atoms with E-state index >= 15 is 0 Å². The third-order valence-electron chi connectivity index (χ3n) is 4.07. The summed E-state index contributed by atoms with van der Waals surface area (Å²) in [6.45, 7) is 0. The molecule has 7 heteroatoms. The second kappa shape index (κ2) is 7.13. The number of nitrogens with zero attached hydrogens (tertiary/aromatic N) is 3. The monoisotopic (exact) mass is 376 g/mol. The van der Waals surface area contributed by atoms with Gasteiger partial charge in [0.1, 0.15) is 11.6 Å². The molecule has 2 aromatic carbocycles. The lowest BCUT2D eigenvalue weighted by Crippen LogP contribution is -2.08. The SMILES string of the molecule is COc1ccc(-c2nn(-c3ccccc3)cc2/C=C2\SC(=O)N=C2N)cc1. The Kier molecular flexibility index (Phi) is 4.52. The average molecular weight is 376 g/mol. The predicted molar refractivity (Wildman–Crippen MR) is 108 cm³/mol. The van der Waals surface area contributed by atoms with Crippen LogP contribution in [0.3, 0.4) is 0 Å². The van der Waals surface area contributed by atoms with Crippen molar-refractivity contribution in [1.29, 1.82) is 0 Å². The normalized spacial score (nSPS) is 15.2. The third kappa shape index (κ3) is 3.50. The molecular weight excluding hydrogens is 360 g/mol. The van der Waals surface area contributed by atoms with E-state index in [0.29, 0.717) is 4.91 Å². The fourth-order valence-electron chi connectivity index (χ4n) is 2.75. The van der Waals surface area contributed by atoms with Gasteiger partial charge in [0.2, 0.25) is 0 Å². The van der Waals surface area contributed by atoms with Gasteiger partial charge in [-0.25, -0.2) is 4.68 Å². The summed E-state index contributed by atoms with van der Waals surface area (Å²) in [5.41, 5.74) is 9.36. The number of para-hydroxylation sites is 1. The molecule has 0 aliphatic carbocycles. The number of thioether (sulfide) groups is 1. The summed E-state index contributed by atoms with van der Waals surface area (Å²) in [6.07, 6.45) is 3.76. The molecule has 6 nitrogen and oxygen atoms in total. The van der Waals surface area contributed by atoms with Gasteiger partial charge in [0.05, 0.1) is 23.4 Å². The van der Waals surface area contributed by atoms with E-state index in [9.17, 15) is 4.79 Å². The van der Waals surface area contributed by atoms with Crippen molar-refractivity contribution in [3.8, 4) is 22.7 Å². The van der Waals surface area contributed by atoms with E-state index < -0.39 is 0 Å². The number of hydrogen-bond acceptors (Lipinski definition) is 5. The number of ether oxygens (including phenoxy) is 1. The Morgan fingerprint density at radius 1 is 1.11 bits per heavy atom. The number of carbonyl (C=O) groups excluding carboxylic acids is 1. The highest BCUT2D eigenvalue weighted by atomic mass is 32.2. The Hall–Kier alpha value is -3.32. The number of aliphatic imine (C=N–C) groups is 1. The minimum Gasteiger partial charge on any atom is -0.497 e. The van der Waals surface area contributed by atoms with Crippen molar-refractivity contribution in [2.75, 3.05) is 7.11 Å². The molecule has 3 aromatic rings. The lowest BCUT2D eigenvalue weighted by atomic mass is 10.1. The summed E-state index contributed by atoms with van der Waals surface area (Å²) in [5.74, 6) is 1.01. The summed E-state index contributed by atoms with van der Waals surface area (Å²) >= 11 is 1.02. The van der Waals surface area contributed by atoms with Crippen LogP contribution in [0.2, 0.25) is 0 Å². The number of aromatic nitrogens is 2. The molecular formula is C20H16N4O2S. The fourth-order valence-corrected chi connectivity index (χ4v) is 3.41. The number of rotatable bonds is 4. The topological polar surface area (TPSA) is 82.5 Å². The highest BCUT2D eigenvalue weighted by Crippen LogP contribution is 2.32. The number of methoxy groups -OCH3 is 1. The van der Waals surface area contributed by atoms with E-state index in [1.807, 2.05) is 66.9 Å². The van der Waals surface area contributed by atoms with Gasteiger partial charge in [0.15, 0.2) is 0 Å². The molecule has 0 saturated carbocycles. The van der Waals surface area contributed by atoms with Crippen molar-refractivity contribution < 1.29 is 9.53 Å². The van der Waals surface area contributed by atoms with E-state index in [-0.39, 0.29) is 11.1 Å². The van der Waals surface area contributed by atoms with Crippen LogP contribution in [-0.2, 0) is 0 Å². The van der Waals surface area contributed by atoms with Gasteiger partial charge >= 0.3 is 5.24 Å². The Morgan fingerprint density at radius 2 is 1.85 bits per heavy atom. The lowest BCUT2D eigenvalue weighted by Gasteiger charge is -2.03. The van der Waals surface area contributed by atoms with Crippen LogP contribution in [0.5, 0.6) is 5.75 Å². The maximum atomic E-state index is 11.5. The smallest absolute Gasteiger partial charge is 0.311 e. The van der Waals surface area contributed by atoms with Crippen molar-refractivity contribution in [1.82, 2.24) is 9.78 Å². The van der Waals surface area contributed by atoms with Crippen LogP contribution in [0.4, 0.5) is 4.79 Å². The minimum absolute atomic E-state index is 0.234. The molecule has 2 N–H and O–H groups in total. The van der Waals surface area contributed by atoms with Crippen LogP contribution in [0.15, 0.2) is 70.7 Å². The van der Waals surface area contributed by atoms with Crippen LogP contribution >= 0.6 is 11.8 Å². The molecule has 2 heterocycles. The Labute approximate surface area is 160 Å². The fraction of sp³-hybridized carbons (Fsp3) is 0.0500. The summed E-state index contributed by atoms with van der Waals surface area (Å²) in [4.78, 5) is 15.9. The van der Waals surface area contributed by atoms with E-state index in [0.717, 1.165) is 40.0 Å². The molecule has 0 atom stereocenters. The molecule has 4 rings (SSSR count). The number of amidine groups is 1. The molecule has 134 valence electrons. The third-order valence-corrected chi connectivity index (χ3v) is 4.89. The van der Waals surface area contributed by atoms with Crippen molar-refractivity contribution in [3.05, 3.63) is 71.3 Å². The van der Waals surface area contributed by atoms with Crippen LogP contribution < -0.4 is 10.5 Å². The van der Waals surface area contributed by atoms with E-state index in [1.54, 1.807) is 11.8 Å². The summed E-state index contributed by atoms with van der Waals surface area (Å²) in [7, 11) is 1.63. The summed E-state index contributed by atoms with van der Waals surface area (Å²) in [6, 6.07) is 17.5. The van der Waals surface area contributed by atoms with Gasteiger partial charge in [-0.3, -0.25) is 4.79 Å². The molecule has 0 unspecified atom stereocenters. The first-order valence-electron chi connectivity index (χ1n) is 8.21. The number of benzene rings is 2. The molecule has 27 heavy (non-hydrogen) atoms. The minimum atomic E-state index is -0.305. The van der Waals surface area contributed by atoms with Crippen molar-refractivity contribution in [2.45, 2.75) is 0 Å². The summed E-state index contributed by atoms with van der Waals surface area (Å²) < 4.78 is 7.04. The highest BCUT2D eigenvalue weighted by molar-refractivity contribution is 8.18. The molecule has 1 aromatic heterocycles. The predicted octanol–water partition coefficient (Wildman–Crippen LogP) is 4.11. The average Bonchev–Trinajstić information content (AvgIpc) is 3.25. The van der Waals surface area contributed by atoms with Gasteiger partial charge in [-0.05, 0) is 54.2 Å². The molecule has 0 saturated heterocycles. The Bertz CT molecular complexity index is 1050. The second-order valence-corrected chi connectivity index (χ2v) is 6.81. The van der Waals surface area contributed by atoms with Crippen LogP contribution in [-0.4, -0.2) is 28.0 Å². The number of amides is 1. The molecule has 1 amide bonds. The van der Waals surface area contributed by atoms with Gasteiger partial charge in [0, 0.05) is 17.3 Å².